The molecule has 0 unspecified atom stereocenters. The highest BCUT2D eigenvalue weighted by molar-refractivity contribution is 6.65. The van der Waals surface area contributed by atoms with Gasteiger partial charge in [0.2, 0.25) is 5.91 Å². The van der Waals surface area contributed by atoms with Crippen LogP contribution in [0.3, 0.4) is 0 Å². The lowest BCUT2D eigenvalue weighted by Gasteiger charge is -2.20. The third kappa shape index (κ3) is 2.89. The predicted molar refractivity (Wildman–Crippen MR) is 90.3 cm³/mol. The molecule has 0 spiro atoms. The Bertz CT molecular complexity index is 899. The van der Waals surface area contributed by atoms with Gasteiger partial charge in [-0.25, -0.2) is 9.99 Å². The number of aryl methyl sites for hydroxylation is 2. The van der Waals surface area contributed by atoms with E-state index < -0.39 is 0 Å². The Hall–Kier alpha value is -2.35. The average molecular weight is 352 g/mol. The Labute approximate surface area is 142 Å². The van der Waals surface area contributed by atoms with Crippen molar-refractivity contribution >= 4 is 33.8 Å². The molecule has 0 saturated carbocycles. The van der Waals surface area contributed by atoms with Gasteiger partial charge in [0, 0.05) is 32.9 Å². The summed E-state index contributed by atoms with van der Waals surface area (Å²) in [6.45, 7) is 2.01. The molecule has 3 rings (SSSR count). The lowest BCUT2D eigenvalue weighted by molar-refractivity contribution is -0.131. The number of nitrogens with zero attached hydrogens (tertiary/aromatic N) is 4. The number of pyridine rings is 1. The largest absolute Gasteiger partial charge is 0.505 e. The number of carbonyl (C=O) groups excluding carboxylic acids is 1. The molecular weight excluding hydrogens is 334 g/mol. The Kier molecular flexibility index (Phi) is 4.31. The number of nitrogens with one attached hydrogen (secondary N) is 1. The van der Waals surface area contributed by atoms with E-state index in [1.807, 2.05) is 0 Å². The van der Waals surface area contributed by atoms with Gasteiger partial charge in [-0.05, 0) is 13.3 Å². The summed E-state index contributed by atoms with van der Waals surface area (Å²) in [4.78, 5) is 31.1. The van der Waals surface area contributed by atoms with Crippen molar-refractivity contribution in [3.05, 3.63) is 21.7 Å². The molecule has 3 heterocycles. The van der Waals surface area contributed by atoms with Crippen molar-refractivity contribution in [3.8, 4) is 5.75 Å². The van der Waals surface area contributed by atoms with Crippen molar-refractivity contribution in [2.75, 3.05) is 6.54 Å². The van der Waals surface area contributed by atoms with E-state index in [0.717, 1.165) is 0 Å². The van der Waals surface area contributed by atoms with Crippen LogP contribution in [0.25, 0.3) is 11.2 Å². The molecule has 0 bridgehead atoms. The summed E-state index contributed by atoms with van der Waals surface area (Å²) in [5.41, 5.74) is 0.858. The van der Waals surface area contributed by atoms with Crippen LogP contribution in [0.1, 0.15) is 30.7 Å². The van der Waals surface area contributed by atoms with Gasteiger partial charge in [0.05, 0.1) is 5.56 Å². The average Bonchev–Trinajstić information content (AvgIpc) is 2.98. The summed E-state index contributed by atoms with van der Waals surface area (Å²) < 4.78 is 1.41. The van der Waals surface area contributed by atoms with E-state index in [1.54, 1.807) is 14.0 Å². The molecule has 0 aromatic carbocycles. The second kappa shape index (κ2) is 6.27. The van der Waals surface area contributed by atoms with Crippen LogP contribution >= 0.6 is 11.6 Å². The van der Waals surface area contributed by atoms with Gasteiger partial charge in [0.1, 0.15) is 16.5 Å². The fourth-order valence-corrected chi connectivity index (χ4v) is 2.91. The number of halogens is 1. The van der Waals surface area contributed by atoms with Crippen molar-refractivity contribution in [1.29, 1.82) is 0 Å². The maximum Gasteiger partial charge on any atom is 0.258 e. The van der Waals surface area contributed by atoms with E-state index in [2.05, 4.69) is 15.1 Å². The molecule has 2 aromatic rings. The number of aromatic amines is 1. The second-order valence-electron chi connectivity index (χ2n) is 5.82. The molecule has 0 atom stereocenters. The third-order valence-electron chi connectivity index (χ3n) is 4.11. The van der Waals surface area contributed by atoms with E-state index in [4.69, 9.17) is 11.6 Å². The van der Waals surface area contributed by atoms with Gasteiger partial charge in [0.25, 0.3) is 5.56 Å². The number of aromatic hydroxyl groups is 1. The summed E-state index contributed by atoms with van der Waals surface area (Å²) >= 11 is 5.87. The van der Waals surface area contributed by atoms with E-state index >= 15 is 0 Å². The number of fused-ring (bicyclic) bond motifs is 1. The first kappa shape index (κ1) is 16.5. The molecule has 1 aliphatic rings. The molecule has 0 saturated heterocycles. The Morgan fingerprint density at radius 2 is 2.08 bits per heavy atom. The first-order chi connectivity index (χ1) is 11.4. The monoisotopic (exact) mass is 351 g/mol. The molecule has 0 fully saturated rings. The number of hydrazone groups is 1. The molecule has 9 heteroatoms. The van der Waals surface area contributed by atoms with Gasteiger partial charge in [-0.1, -0.05) is 11.6 Å². The summed E-state index contributed by atoms with van der Waals surface area (Å²) in [6.07, 6.45) is 2.06. The van der Waals surface area contributed by atoms with Crippen LogP contribution in [0.5, 0.6) is 5.75 Å². The molecule has 1 amide bonds. The minimum Gasteiger partial charge on any atom is -0.505 e. The van der Waals surface area contributed by atoms with Gasteiger partial charge in [-0.15, -0.1) is 0 Å². The Morgan fingerprint density at radius 3 is 2.83 bits per heavy atom. The summed E-state index contributed by atoms with van der Waals surface area (Å²) in [5, 5.41) is 16.0. The van der Waals surface area contributed by atoms with Gasteiger partial charge in [0.15, 0.2) is 11.4 Å². The number of amides is 1. The van der Waals surface area contributed by atoms with Crippen molar-refractivity contribution in [3.63, 3.8) is 0 Å². The standard InChI is InChI=1S/C15H18ClN5O3/c1-8-13(23)12-14(20(2)15(8)24)18-10(17-12)4-3-7-21-11(22)6-5-9(16)19-21/h23H,3-7H2,1-2H3,(H,17,18). The molecular formula is C15H18ClN5O3. The fraction of sp³-hybridized carbons (Fsp3) is 0.467. The number of rotatable bonds is 4. The Balaban J connectivity index is 1.76. The number of aromatic nitrogens is 3. The maximum atomic E-state index is 12.0. The van der Waals surface area contributed by atoms with Gasteiger partial charge in [-0.3, -0.25) is 14.2 Å². The number of imidazole rings is 1. The zero-order valence-corrected chi connectivity index (χ0v) is 14.2. The molecule has 2 N–H and O–H groups in total. The zero-order valence-electron chi connectivity index (χ0n) is 13.5. The quantitative estimate of drug-likeness (QED) is 0.868. The summed E-state index contributed by atoms with van der Waals surface area (Å²) in [5.74, 6) is 0.523. The van der Waals surface area contributed by atoms with Crippen molar-refractivity contribution in [2.24, 2.45) is 12.1 Å². The minimum absolute atomic E-state index is 0.0420. The van der Waals surface area contributed by atoms with Crippen molar-refractivity contribution in [1.82, 2.24) is 19.5 Å². The van der Waals surface area contributed by atoms with Crippen LogP contribution in [0, 0.1) is 6.92 Å². The lowest BCUT2D eigenvalue weighted by atomic mass is 10.2. The molecule has 128 valence electrons. The summed E-state index contributed by atoms with van der Waals surface area (Å²) in [7, 11) is 1.62. The topological polar surface area (TPSA) is 104 Å². The highest BCUT2D eigenvalue weighted by Crippen LogP contribution is 2.23. The fourth-order valence-electron chi connectivity index (χ4n) is 2.72. The highest BCUT2D eigenvalue weighted by atomic mass is 35.5. The number of H-pyrrole nitrogens is 1. The van der Waals surface area contributed by atoms with Gasteiger partial charge >= 0.3 is 0 Å². The number of hydrogen-bond donors (Lipinski definition) is 2. The minimum atomic E-state index is -0.277. The zero-order chi connectivity index (χ0) is 17.4. The summed E-state index contributed by atoms with van der Waals surface area (Å²) in [6, 6.07) is 0. The first-order valence-electron chi connectivity index (χ1n) is 7.69. The van der Waals surface area contributed by atoms with E-state index in [-0.39, 0.29) is 22.8 Å². The van der Waals surface area contributed by atoms with E-state index in [0.29, 0.717) is 54.4 Å². The van der Waals surface area contributed by atoms with E-state index in [1.165, 1.54) is 9.58 Å². The lowest BCUT2D eigenvalue weighted by Crippen LogP contribution is -2.31. The molecule has 24 heavy (non-hydrogen) atoms. The van der Waals surface area contributed by atoms with E-state index in [9.17, 15) is 14.7 Å². The first-order valence-corrected chi connectivity index (χ1v) is 8.06. The van der Waals surface area contributed by atoms with Gasteiger partial charge in [-0.2, -0.15) is 5.10 Å². The second-order valence-corrected chi connectivity index (χ2v) is 6.25. The molecule has 0 radical (unpaired) electrons. The van der Waals surface area contributed by atoms with Crippen molar-refractivity contribution in [2.45, 2.75) is 32.6 Å². The number of hydrogen-bond acceptors (Lipinski definition) is 5. The molecule has 2 aromatic heterocycles. The Morgan fingerprint density at radius 1 is 1.33 bits per heavy atom. The van der Waals surface area contributed by atoms with Crippen LogP contribution in [-0.4, -0.2) is 42.3 Å². The van der Waals surface area contributed by atoms with Crippen LogP contribution < -0.4 is 5.56 Å². The van der Waals surface area contributed by atoms with Crippen LogP contribution in [-0.2, 0) is 18.3 Å². The third-order valence-corrected chi connectivity index (χ3v) is 4.38. The SMILES string of the molecule is Cc1c(O)c2[nH]c(CCCN3N=C(Cl)CCC3=O)nc2n(C)c1=O. The van der Waals surface area contributed by atoms with Gasteiger partial charge < -0.3 is 10.1 Å². The maximum absolute atomic E-state index is 12.0. The normalized spacial score (nSPS) is 15.2. The molecule has 8 nitrogen and oxygen atoms in total. The number of carbonyl (C=O) groups is 1. The predicted octanol–water partition coefficient (Wildman–Crippen LogP) is 1.38. The van der Waals surface area contributed by atoms with Crippen LogP contribution in [0.2, 0.25) is 0 Å². The molecule has 1 aliphatic heterocycles. The van der Waals surface area contributed by atoms with Crippen LogP contribution in [0.15, 0.2) is 9.90 Å². The highest BCUT2D eigenvalue weighted by Gasteiger charge is 2.19. The van der Waals surface area contributed by atoms with Crippen LogP contribution in [0.4, 0.5) is 0 Å². The van der Waals surface area contributed by atoms with Crippen molar-refractivity contribution < 1.29 is 9.90 Å². The smallest absolute Gasteiger partial charge is 0.258 e. The molecule has 0 aliphatic carbocycles.